The zero-order chi connectivity index (χ0) is 36.7. The second kappa shape index (κ2) is 16.4. The highest BCUT2D eigenvalue weighted by molar-refractivity contribution is 6.38. The van der Waals surface area contributed by atoms with Crippen molar-refractivity contribution in [3.05, 3.63) is 12.7 Å². The van der Waals surface area contributed by atoms with Crippen LogP contribution in [0.25, 0.3) is 0 Å². The van der Waals surface area contributed by atoms with Crippen molar-refractivity contribution in [1.29, 1.82) is 0 Å². The lowest BCUT2D eigenvalue weighted by Gasteiger charge is -2.43. The molecule has 5 N–H and O–H groups in total. The van der Waals surface area contributed by atoms with Crippen LogP contribution < -0.4 is 26.6 Å². The molecule has 0 spiro atoms. The Hall–Kier alpha value is -3.64. The van der Waals surface area contributed by atoms with Gasteiger partial charge in [-0.15, -0.1) is 6.58 Å². The minimum Gasteiger partial charge on any atom is -0.447 e. The molecule has 2 aliphatic carbocycles. The van der Waals surface area contributed by atoms with Crippen molar-refractivity contribution in [2.45, 2.75) is 125 Å². The molecule has 0 bridgehead atoms. The van der Waals surface area contributed by atoms with E-state index in [2.05, 4.69) is 47.0 Å². The number of nitrogens with zero attached hydrogens (tertiary/aromatic N) is 1. The van der Waals surface area contributed by atoms with Crippen LogP contribution in [0, 0.1) is 28.1 Å². The number of rotatable bonds is 15. The molecule has 6 amide bonds. The molecule has 0 aromatic heterocycles. The van der Waals surface area contributed by atoms with Crippen LogP contribution in [0.3, 0.4) is 0 Å². The van der Waals surface area contributed by atoms with Gasteiger partial charge in [-0.25, -0.2) is 9.59 Å². The number of carbonyl (C=O) groups is 6. The average Bonchev–Trinajstić information content (AvgIpc) is 3.34. The Kier molecular flexibility index (Phi) is 13.3. The molecular formula is C36H60N6O7. The number of piperidine rings is 1. The Labute approximate surface area is 291 Å². The van der Waals surface area contributed by atoms with Gasteiger partial charge in [-0.1, -0.05) is 80.2 Å². The molecule has 3 aliphatic rings. The molecule has 276 valence electrons. The van der Waals surface area contributed by atoms with E-state index in [1.165, 1.54) is 6.08 Å². The van der Waals surface area contributed by atoms with Crippen LogP contribution >= 0.6 is 0 Å². The number of urea groups is 1. The number of hydrogen-bond acceptors (Lipinski definition) is 7. The molecule has 1 aliphatic heterocycles. The van der Waals surface area contributed by atoms with E-state index in [1.807, 2.05) is 34.6 Å². The van der Waals surface area contributed by atoms with Crippen LogP contribution in [-0.2, 0) is 23.9 Å². The van der Waals surface area contributed by atoms with Crippen LogP contribution in [-0.4, -0.2) is 90.9 Å². The van der Waals surface area contributed by atoms with E-state index in [1.54, 1.807) is 11.8 Å². The number of hydrogen-bond donors (Lipinski definition) is 5. The first-order valence-corrected chi connectivity index (χ1v) is 17.9. The Balaban J connectivity index is 1.87. The number of fused-ring (bicyclic) bond motifs is 1. The van der Waals surface area contributed by atoms with Crippen molar-refractivity contribution in [3.8, 4) is 0 Å². The molecule has 6 atom stereocenters. The van der Waals surface area contributed by atoms with Gasteiger partial charge in [-0.05, 0) is 54.3 Å². The fourth-order valence-electron chi connectivity index (χ4n) is 7.58. The summed E-state index contributed by atoms with van der Waals surface area (Å²) in [6.45, 7) is 19.9. The fourth-order valence-corrected chi connectivity index (χ4v) is 7.58. The Morgan fingerprint density at radius 1 is 0.959 bits per heavy atom. The molecule has 3 rings (SSSR count). The molecule has 13 nitrogen and oxygen atoms in total. The highest BCUT2D eigenvalue weighted by Crippen LogP contribution is 2.65. The van der Waals surface area contributed by atoms with Crippen molar-refractivity contribution in [3.63, 3.8) is 0 Å². The summed E-state index contributed by atoms with van der Waals surface area (Å²) in [5, 5.41) is 13.8. The minimum absolute atomic E-state index is 0.0608. The van der Waals surface area contributed by atoms with E-state index in [4.69, 9.17) is 4.74 Å². The fraction of sp³-hybridized carbons (Fsp3) is 0.778. The largest absolute Gasteiger partial charge is 0.447 e. The number of likely N-dealkylation sites (tertiary alicyclic amines) is 1. The number of Topliss-reactive ketones (excluding diaryl/α,β-unsaturated/α-hetero) is 1. The lowest BCUT2D eigenvalue weighted by molar-refractivity contribution is -0.146. The number of carbonyl (C=O) groups excluding carboxylic acids is 6. The van der Waals surface area contributed by atoms with Crippen LogP contribution in [0.15, 0.2) is 12.7 Å². The standard InChI is InChI=1S/C36H60N6O7/c1-10-16-23(27(43)30(45)38-19-11-2)39-29(44)26-25-22(35(25,7)8)20-42(26)31(46)28(36(9)17-14-13-15-18-36)41-32(47)40-24(34(4,5)6)21-49-33(48)37-12-3/h11,22-26,28H,2,10,12-21H2,1,3-9H3,(H,37,48)(H,38,45)(H,39,44)(H2,40,41,47)/t22?,23?,24-,25?,26+,28-/m1/s1. The summed E-state index contributed by atoms with van der Waals surface area (Å²) in [7, 11) is 0. The summed E-state index contributed by atoms with van der Waals surface area (Å²) in [5.74, 6) is -2.40. The summed E-state index contributed by atoms with van der Waals surface area (Å²) < 4.78 is 5.35. The van der Waals surface area contributed by atoms with E-state index in [0.29, 0.717) is 19.5 Å². The summed E-state index contributed by atoms with van der Waals surface area (Å²) in [6.07, 6.45) is 6.01. The number of alkyl carbamates (subject to hydrolysis) is 1. The summed E-state index contributed by atoms with van der Waals surface area (Å²) >= 11 is 0. The van der Waals surface area contributed by atoms with E-state index < -0.39 is 64.7 Å². The number of amides is 6. The first-order valence-electron chi connectivity index (χ1n) is 17.9. The SMILES string of the molecule is C=CCNC(=O)C(=O)C(CCC)NC(=O)[C@@H]1C2C(CN1C(=O)[C@@H](NC(=O)N[C@H](COC(=O)NCC)C(C)(C)C)C1(C)CCCCC1)C2(C)C. The van der Waals surface area contributed by atoms with Gasteiger partial charge in [0.25, 0.3) is 5.91 Å². The summed E-state index contributed by atoms with van der Waals surface area (Å²) in [4.78, 5) is 81.7. The Morgan fingerprint density at radius 3 is 2.18 bits per heavy atom. The van der Waals surface area contributed by atoms with E-state index in [-0.39, 0.29) is 42.7 Å². The monoisotopic (exact) mass is 688 g/mol. The van der Waals surface area contributed by atoms with Gasteiger partial charge in [0, 0.05) is 19.6 Å². The van der Waals surface area contributed by atoms with Crippen molar-refractivity contribution in [2.24, 2.45) is 28.1 Å². The Bertz CT molecular complexity index is 1250. The zero-order valence-corrected chi connectivity index (χ0v) is 30.8. The maximum Gasteiger partial charge on any atom is 0.407 e. The number of ether oxygens (including phenoxy) is 1. The minimum atomic E-state index is -1.04. The number of nitrogens with one attached hydrogen (secondary N) is 5. The third kappa shape index (κ3) is 9.54. The van der Waals surface area contributed by atoms with Gasteiger partial charge in [0.15, 0.2) is 0 Å². The molecule has 13 heteroatoms. The molecule has 2 saturated carbocycles. The zero-order valence-electron chi connectivity index (χ0n) is 30.8. The predicted molar refractivity (Wildman–Crippen MR) is 186 cm³/mol. The van der Waals surface area contributed by atoms with Crippen LogP contribution in [0.4, 0.5) is 9.59 Å². The van der Waals surface area contributed by atoms with Gasteiger partial charge in [0.2, 0.25) is 17.6 Å². The molecule has 49 heavy (non-hydrogen) atoms. The van der Waals surface area contributed by atoms with Crippen molar-refractivity contribution < 1.29 is 33.5 Å². The first kappa shape index (κ1) is 39.8. The Morgan fingerprint density at radius 2 is 1.61 bits per heavy atom. The molecule has 0 aromatic carbocycles. The number of ketones is 1. The van der Waals surface area contributed by atoms with Gasteiger partial charge in [-0.3, -0.25) is 19.2 Å². The van der Waals surface area contributed by atoms with Gasteiger partial charge < -0.3 is 36.2 Å². The highest BCUT2D eigenvalue weighted by atomic mass is 16.5. The van der Waals surface area contributed by atoms with E-state index in [0.717, 1.165) is 32.1 Å². The second-order valence-corrected chi connectivity index (χ2v) is 15.9. The van der Waals surface area contributed by atoms with Crippen molar-refractivity contribution in [1.82, 2.24) is 31.5 Å². The topological polar surface area (TPSA) is 175 Å². The summed E-state index contributed by atoms with van der Waals surface area (Å²) in [6, 6.07) is -3.93. The normalized spacial score (nSPS) is 23.8. The smallest absolute Gasteiger partial charge is 0.407 e. The van der Waals surface area contributed by atoms with Gasteiger partial charge in [0.05, 0.1) is 12.1 Å². The second-order valence-electron chi connectivity index (χ2n) is 15.9. The molecule has 0 aromatic rings. The van der Waals surface area contributed by atoms with Crippen LogP contribution in [0.1, 0.15) is 100 Å². The lowest BCUT2D eigenvalue weighted by Crippen LogP contribution is -2.63. The quantitative estimate of drug-likeness (QED) is 0.129. The maximum atomic E-state index is 14.7. The molecule has 1 heterocycles. The molecule has 1 saturated heterocycles. The van der Waals surface area contributed by atoms with E-state index in [9.17, 15) is 28.8 Å². The third-order valence-electron chi connectivity index (χ3n) is 10.9. The van der Waals surface area contributed by atoms with Gasteiger partial charge in [0.1, 0.15) is 18.7 Å². The molecule has 3 fully saturated rings. The van der Waals surface area contributed by atoms with Gasteiger partial charge in [-0.2, -0.15) is 0 Å². The van der Waals surface area contributed by atoms with Crippen LogP contribution in [0.2, 0.25) is 0 Å². The predicted octanol–water partition coefficient (Wildman–Crippen LogP) is 3.42. The lowest BCUT2D eigenvalue weighted by atomic mass is 9.70. The van der Waals surface area contributed by atoms with Crippen LogP contribution in [0.5, 0.6) is 0 Å². The summed E-state index contributed by atoms with van der Waals surface area (Å²) in [5.41, 5.74) is -1.23. The first-order chi connectivity index (χ1) is 22.9. The maximum absolute atomic E-state index is 14.7. The van der Waals surface area contributed by atoms with E-state index >= 15 is 0 Å². The van der Waals surface area contributed by atoms with Crippen molar-refractivity contribution >= 4 is 35.6 Å². The van der Waals surface area contributed by atoms with Gasteiger partial charge >= 0.3 is 12.1 Å². The third-order valence-corrected chi connectivity index (χ3v) is 10.9. The highest BCUT2D eigenvalue weighted by Gasteiger charge is 2.70. The molecular weight excluding hydrogens is 628 g/mol. The average molecular weight is 689 g/mol. The molecule has 0 radical (unpaired) electrons. The molecule has 3 unspecified atom stereocenters. The van der Waals surface area contributed by atoms with Crippen molar-refractivity contribution in [2.75, 3.05) is 26.2 Å².